The molecule has 0 aliphatic rings. The van der Waals surface area contributed by atoms with Gasteiger partial charge in [-0.1, -0.05) is 0 Å². The maximum atomic E-state index is 5.70. The van der Waals surface area contributed by atoms with Gasteiger partial charge >= 0.3 is 0 Å². The summed E-state index contributed by atoms with van der Waals surface area (Å²) in [4.78, 5) is 4.20. The second-order valence-corrected chi connectivity index (χ2v) is 3.29. The molecule has 0 fully saturated rings. The number of aromatic nitrogens is 1. The van der Waals surface area contributed by atoms with Crippen LogP contribution in [0.3, 0.4) is 0 Å². The molecular formula is C10H15ClN2O. The Kier molecular flexibility index (Phi) is 4.70. The van der Waals surface area contributed by atoms with E-state index in [1.807, 2.05) is 20.0 Å². The van der Waals surface area contributed by atoms with Gasteiger partial charge in [-0.25, -0.2) is 0 Å². The molecule has 1 heterocycles. The lowest BCUT2D eigenvalue weighted by atomic mass is 10.2. The van der Waals surface area contributed by atoms with Crippen LogP contribution < -0.4 is 10.1 Å². The fourth-order valence-electron chi connectivity index (χ4n) is 1.07. The molecule has 4 heteroatoms. The molecule has 3 nitrogen and oxygen atoms in total. The van der Waals surface area contributed by atoms with Crippen molar-refractivity contribution in [3.05, 3.63) is 23.5 Å². The molecule has 0 aromatic carbocycles. The van der Waals surface area contributed by atoms with Gasteiger partial charge in [0.1, 0.15) is 12.4 Å². The van der Waals surface area contributed by atoms with Crippen LogP contribution in [0.5, 0.6) is 5.75 Å². The molecule has 1 rings (SSSR count). The lowest BCUT2D eigenvalue weighted by molar-refractivity contribution is 0.317. The Morgan fingerprint density at radius 1 is 1.57 bits per heavy atom. The van der Waals surface area contributed by atoms with Gasteiger partial charge in [0.25, 0.3) is 0 Å². The summed E-state index contributed by atoms with van der Waals surface area (Å²) in [5, 5.41) is 3.01. The minimum absolute atomic E-state index is 0.447. The summed E-state index contributed by atoms with van der Waals surface area (Å²) in [6.45, 7) is 3.46. The van der Waals surface area contributed by atoms with Gasteiger partial charge < -0.3 is 10.1 Å². The molecule has 0 unspecified atom stereocenters. The van der Waals surface area contributed by atoms with Crippen molar-refractivity contribution in [2.45, 2.75) is 12.8 Å². The van der Waals surface area contributed by atoms with Gasteiger partial charge in [0.15, 0.2) is 0 Å². The van der Waals surface area contributed by atoms with Crippen LogP contribution in [-0.4, -0.2) is 25.2 Å². The third kappa shape index (κ3) is 3.16. The van der Waals surface area contributed by atoms with Gasteiger partial charge in [-0.2, -0.15) is 0 Å². The highest BCUT2D eigenvalue weighted by atomic mass is 35.5. The molecule has 0 atom stereocenters. The standard InChI is InChI=1S/C10H15ClN2O/c1-8-5-9(14-4-3-12-2)7-13-10(8)6-11/h5,7,12H,3-4,6H2,1-2H3. The highest BCUT2D eigenvalue weighted by Gasteiger charge is 2.00. The molecular weight excluding hydrogens is 200 g/mol. The Bertz CT molecular complexity index is 291. The maximum Gasteiger partial charge on any atom is 0.137 e. The predicted molar refractivity (Wildman–Crippen MR) is 58.0 cm³/mol. The van der Waals surface area contributed by atoms with E-state index >= 15 is 0 Å². The summed E-state index contributed by atoms with van der Waals surface area (Å²) in [6.07, 6.45) is 1.71. The molecule has 0 radical (unpaired) electrons. The van der Waals surface area contributed by atoms with E-state index in [-0.39, 0.29) is 0 Å². The van der Waals surface area contributed by atoms with Crippen LogP contribution in [0.1, 0.15) is 11.3 Å². The Balaban J connectivity index is 2.57. The van der Waals surface area contributed by atoms with Crippen molar-refractivity contribution in [2.24, 2.45) is 0 Å². The Morgan fingerprint density at radius 3 is 2.93 bits per heavy atom. The van der Waals surface area contributed by atoms with Gasteiger partial charge in [0, 0.05) is 6.54 Å². The molecule has 0 aliphatic heterocycles. The first kappa shape index (κ1) is 11.3. The average Bonchev–Trinajstić information content (AvgIpc) is 2.18. The monoisotopic (exact) mass is 214 g/mol. The number of pyridine rings is 1. The average molecular weight is 215 g/mol. The molecule has 0 aliphatic carbocycles. The van der Waals surface area contributed by atoms with Crippen molar-refractivity contribution in [1.29, 1.82) is 0 Å². The third-order valence-corrected chi connectivity index (χ3v) is 2.16. The predicted octanol–water partition coefficient (Wildman–Crippen LogP) is 1.73. The van der Waals surface area contributed by atoms with E-state index in [9.17, 15) is 0 Å². The Morgan fingerprint density at radius 2 is 2.36 bits per heavy atom. The molecule has 1 N–H and O–H groups in total. The van der Waals surface area contributed by atoms with Crippen LogP contribution in [0.25, 0.3) is 0 Å². The molecule has 78 valence electrons. The first-order valence-electron chi connectivity index (χ1n) is 4.56. The SMILES string of the molecule is CNCCOc1cnc(CCl)c(C)c1. The largest absolute Gasteiger partial charge is 0.491 e. The number of likely N-dealkylation sites (N-methyl/N-ethyl adjacent to an activating group) is 1. The van der Waals surface area contributed by atoms with Crippen molar-refractivity contribution in [3.8, 4) is 5.75 Å². The van der Waals surface area contributed by atoms with E-state index in [1.165, 1.54) is 0 Å². The van der Waals surface area contributed by atoms with Crippen LogP contribution in [0.4, 0.5) is 0 Å². The minimum atomic E-state index is 0.447. The zero-order valence-electron chi connectivity index (χ0n) is 8.51. The lowest BCUT2D eigenvalue weighted by Crippen LogP contribution is -2.16. The van der Waals surface area contributed by atoms with Gasteiger partial charge in [0.05, 0.1) is 17.8 Å². The van der Waals surface area contributed by atoms with E-state index < -0.39 is 0 Å². The number of alkyl halides is 1. The normalized spacial score (nSPS) is 10.2. The van der Waals surface area contributed by atoms with E-state index in [2.05, 4.69) is 10.3 Å². The molecule has 14 heavy (non-hydrogen) atoms. The van der Waals surface area contributed by atoms with Crippen molar-refractivity contribution >= 4 is 11.6 Å². The van der Waals surface area contributed by atoms with E-state index in [0.717, 1.165) is 23.6 Å². The van der Waals surface area contributed by atoms with Crippen LogP contribution in [0.15, 0.2) is 12.3 Å². The zero-order chi connectivity index (χ0) is 10.4. The number of nitrogens with one attached hydrogen (secondary N) is 1. The van der Waals surface area contributed by atoms with Crippen molar-refractivity contribution in [2.75, 3.05) is 20.2 Å². The van der Waals surface area contributed by atoms with Crippen LogP contribution in [0.2, 0.25) is 0 Å². The molecule has 0 saturated heterocycles. The van der Waals surface area contributed by atoms with Crippen LogP contribution in [-0.2, 0) is 5.88 Å². The van der Waals surface area contributed by atoms with E-state index in [4.69, 9.17) is 16.3 Å². The first-order chi connectivity index (χ1) is 6.77. The summed E-state index contributed by atoms with van der Waals surface area (Å²) in [5.41, 5.74) is 1.98. The fraction of sp³-hybridized carbons (Fsp3) is 0.500. The molecule has 0 amide bonds. The molecule has 0 spiro atoms. The summed E-state index contributed by atoms with van der Waals surface area (Å²) in [6, 6.07) is 1.96. The van der Waals surface area contributed by atoms with Crippen LogP contribution >= 0.6 is 11.6 Å². The fourth-order valence-corrected chi connectivity index (χ4v) is 1.35. The van der Waals surface area contributed by atoms with Gasteiger partial charge in [-0.05, 0) is 25.6 Å². The van der Waals surface area contributed by atoms with Crippen LogP contribution in [0, 0.1) is 6.92 Å². The number of aryl methyl sites for hydroxylation is 1. The second-order valence-electron chi connectivity index (χ2n) is 3.02. The van der Waals surface area contributed by atoms with Crippen molar-refractivity contribution in [3.63, 3.8) is 0 Å². The van der Waals surface area contributed by atoms with E-state index in [0.29, 0.717) is 12.5 Å². The quantitative estimate of drug-likeness (QED) is 0.599. The number of rotatable bonds is 5. The van der Waals surface area contributed by atoms with Gasteiger partial charge in [-0.15, -0.1) is 11.6 Å². The lowest BCUT2D eigenvalue weighted by Gasteiger charge is -2.07. The summed E-state index contributed by atoms with van der Waals surface area (Å²) in [7, 11) is 1.89. The third-order valence-electron chi connectivity index (χ3n) is 1.91. The highest BCUT2D eigenvalue weighted by Crippen LogP contribution is 2.15. The zero-order valence-corrected chi connectivity index (χ0v) is 9.27. The van der Waals surface area contributed by atoms with Crippen molar-refractivity contribution < 1.29 is 4.74 Å². The number of nitrogens with zero attached hydrogens (tertiary/aromatic N) is 1. The van der Waals surface area contributed by atoms with Gasteiger partial charge in [0.2, 0.25) is 0 Å². The maximum absolute atomic E-state index is 5.70. The van der Waals surface area contributed by atoms with E-state index in [1.54, 1.807) is 6.20 Å². The number of hydrogen-bond donors (Lipinski definition) is 1. The summed E-state index contributed by atoms with van der Waals surface area (Å²) >= 11 is 5.70. The first-order valence-corrected chi connectivity index (χ1v) is 5.10. The number of halogens is 1. The highest BCUT2D eigenvalue weighted by molar-refractivity contribution is 6.17. The second kappa shape index (κ2) is 5.83. The Hall–Kier alpha value is -0.800. The van der Waals surface area contributed by atoms with Crippen molar-refractivity contribution in [1.82, 2.24) is 10.3 Å². The molecule has 1 aromatic heterocycles. The Labute approximate surface area is 89.4 Å². The smallest absolute Gasteiger partial charge is 0.137 e. The number of hydrogen-bond acceptors (Lipinski definition) is 3. The molecule has 0 bridgehead atoms. The number of ether oxygens (including phenoxy) is 1. The molecule has 0 saturated carbocycles. The minimum Gasteiger partial charge on any atom is -0.491 e. The topological polar surface area (TPSA) is 34.1 Å². The summed E-state index contributed by atoms with van der Waals surface area (Å²) < 4.78 is 5.46. The van der Waals surface area contributed by atoms with Gasteiger partial charge in [-0.3, -0.25) is 4.98 Å². The molecule has 1 aromatic rings. The summed E-state index contributed by atoms with van der Waals surface area (Å²) in [5.74, 6) is 1.24.